The third kappa shape index (κ3) is 4.75. The van der Waals surface area contributed by atoms with Crippen LogP contribution in [0.25, 0.3) is 0 Å². The van der Waals surface area contributed by atoms with Crippen molar-refractivity contribution in [3.05, 3.63) is 52.7 Å². The van der Waals surface area contributed by atoms with Crippen molar-refractivity contribution >= 4 is 11.8 Å². The van der Waals surface area contributed by atoms with E-state index in [-0.39, 0.29) is 12.1 Å². The molecule has 0 radical (unpaired) electrons. The number of carbonyl (C=O) groups excluding carboxylic acids is 1. The van der Waals surface area contributed by atoms with Crippen LogP contribution >= 0.6 is 0 Å². The second-order valence-corrected chi connectivity index (χ2v) is 9.67. The molecule has 32 heavy (non-hydrogen) atoms. The maximum atomic E-state index is 12.8. The van der Waals surface area contributed by atoms with Gasteiger partial charge < -0.3 is 14.4 Å². The Hall–Kier alpha value is -2.60. The molecule has 3 heterocycles. The molecule has 1 atom stereocenters. The molecule has 2 aromatic rings. The highest BCUT2D eigenvalue weighted by Gasteiger charge is 2.35. The minimum absolute atomic E-state index is 0.156. The van der Waals surface area contributed by atoms with Crippen LogP contribution in [0.2, 0.25) is 0 Å². The molecule has 0 amide bonds. The Bertz CT molecular complexity index is 973. The SMILES string of the molecule is Cc1ccnc(N2CC[C@@H](N3Cc4cccc(OCC(C)C)c4C3)C2)c1C(=O)OC(C)C. The molecule has 172 valence electrons. The number of rotatable bonds is 7. The Balaban J connectivity index is 1.48. The minimum Gasteiger partial charge on any atom is -0.493 e. The van der Waals surface area contributed by atoms with Crippen molar-refractivity contribution in [2.24, 2.45) is 5.92 Å². The summed E-state index contributed by atoms with van der Waals surface area (Å²) in [5.41, 5.74) is 4.18. The number of ether oxygens (including phenoxy) is 2. The molecule has 1 aromatic carbocycles. The van der Waals surface area contributed by atoms with Crippen LogP contribution in [-0.4, -0.2) is 47.7 Å². The van der Waals surface area contributed by atoms with Gasteiger partial charge in [-0.25, -0.2) is 9.78 Å². The summed E-state index contributed by atoms with van der Waals surface area (Å²) in [4.78, 5) is 22.1. The Labute approximate surface area is 191 Å². The molecule has 0 saturated carbocycles. The Kier molecular flexibility index (Phi) is 6.70. The molecular weight excluding hydrogens is 402 g/mol. The lowest BCUT2D eigenvalue weighted by Gasteiger charge is -2.25. The molecule has 2 aliphatic heterocycles. The smallest absolute Gasteiger partial charge is 0.342 e. The van der Waals surface area contributed by atoms with E-state index in [9.17, 15) is 4.79 Å². The van der Waals surface area contributed by atoms with Crippen molar-refractivity contribution < 1.29 is 14.3 Å². The second-order valence-electron chi connectivity index (χ2n) is 9.67. The number of fused-ring (bicyclic) bond motifs is 1. The van der Waals surface area contributed by atoms with Crippen LogP contribution < -0.4 is 9.64 Å². The lowest BCUT2D eigenvalue weighted by Crippen LogP contribution is -2.34. The summed E-state index contributed by atoms with van der Waals surface area (Å²) >= 11 is 0. The fourth-order valence-electron chi connectivity index (χ4n) is 4.61. The van der Waals surface area contributed by atoms with Gasteiger partial charge in [-0.15, -0.1) is 0 Å². The fourth-order valence-corrected chi connectivity index (χ4v) is 4.61. The number of carbonyl (C=O) groups is 1. The highest BCUT2D eigenvalue weighted by molar-refractivity contribution is 5.96. The summed E-state index contributed by atoms with van der Waals surface area (Å²) in [6.07, 6.45) is 2.68. The number of esters is 1. The number of benzene rings is 1. The van der Waals surface area contributed by atoms with Crippen LogP contribution in [0.4, 0.5) is 5.82 Å². The first-order chi connectivity index (χ1) is 15.3. The predicted octanol–water partition coefficient (Wildman–Crippen LogP) is 4.58. The number of nitrogens with zero attached hydrogens (tertiary/aromatic N) is 3. The fraction of sp³-hybridized carbons (Fsp3) is 0.538. The molecule has 1 fully saturated rings. The molecule has 6 heteroatoms. The second kappa shape index (κ2) is 9.49. The third-order valence-electron chi connectivity index (χ3n) is 6.20. The molecule has 0 aliphatic carbocycles. The van der Waals surface area contributed by atoms with Gasteiger partial charge in [0.25, 0.3) is 0 Å². The van der Waals surface area contributed by atoms with Gasteiger partial charge in [-0.1, -0.05) is 26.0 Å². The van der Waals surface area contributed by atoms with Crippen LogP contribution in [0, 0.1) is 12.8 Å². The van der Waals surface area contributed by atoms with Gasteiger partial charge in [0.1, 0.15) is 17.1 Å². The molecule has 6 nitrogen and oxygen atoms in total. The Morgan fingerprint density at radius 3 is 2.75 bits per heavy atom. The van der Waals surface area contributed by atoms with Gasteiger partial charge in [0, 0.05) is 44.0 Å². The average molecular weight is 438 g/mol. The lowest BCUT2D eigenvalue weighted by molar-refractivity contribution is 0.0377. The van der Waals surface area contributed by atoms with E-state index in [0.29, 0.717) is 17.5 Å². The zero-order valence-electron chi connectivity index (χ0n) is 19.9. The first-order valence-electron chi connectivity index (χ1n) is 11.7. The van der Waals surface area contributed by atoms with E-state index in [1.807, 2.05) is 26.8 Å². The maximum Gasteiger partial charge on any atom is 0.342 e. The van der Waals surface area contributed by atoms with E-state index in [1.165, 1.54) is 11.1 Å². The van der Waals surface area contributed by atoms with Gasteiger partial charge in [-0.3, -0.25) is 4.90 Å². The Morgan fingerprint density at radius 1 is 1.19 bits per heavy atom. The lowest BCUT2D eigenvalue weighted by atomic mass is 10.1. The van der Waals surface area contributed by atoms with Crippen molar-refractivity contribution in [1.82, 2.24) is 9.88 Å². The van der Waals surface area contributed by atoms with Crippen LogP contribution in [0.15, 0.2) is 30.5 Å². The zero-order valence-corrected chi connectivity index (χ0v) is 19.9. The summed E-state index contributed by atoms with van der Waals surface area (Å²) in [5.74, 6) is 1.98. The van der Waals surface area contributed by atoms with Crippen LogP contribution in [0.1, 0.15) is 61.2 Å². The van der Waals surface area contributed by atoms with Crippen molar-refractivity contribution in [2.75, 3.05) is 24.6 Å². The van der Waals surface area contributed by atoms with E-state index >= 15 is 0 Å². The summed E-state index contributed by atoms with van der Waals surface area (Å²) < 4.78 is 11.6. The number of anilines is 1. The zero-order chi connectivity index (χ0) is 22.8. The largest absolute Gasteiger partial charge is 0.493 e. The van der Waals surface area contributed by atoms with Crippen LogP contribution in [-0.2, 0) is 17.8 Å². The third-order valence-corrected chi connectivity index (χ3v) is 6.20. The van der Waals surface area contributed by atoms with E-state index in [1.54, 1.807) is 6.20 Å². The van der Waals surface area contributed by atoms with Crippen LogP contribution in [0.5, 0.6) is 5.75 Å². The minimum atomic E-state index is -0.287. The van der Waals surface area contributed by atoms with E-state index in [0.717, 1.165) is 56.3 Å². The quantitative estimate of drug-likeness (QED) is 0.591. The first-order valence-corrected chi connectivity index (χ1v) is 11.7. The van der Waals surface area contributed by atoms with E-state index in [4.69, 9.17) is 9.47 Å². The van der Waals surface area contributed by atoms with Crippen molar-refractivity contribution in [1.29, 1.82) is 0 Å². The maximum absolute atomic E-state index is 12.8. The van der Waals surface area contributed by atoms with Gasteiger partial charge >= 0.3 is 5.97 Å². The monoisotopic (exact) mass is 437 g/mol. The molecule has 1 saturated heterocycles. The molecule has 0 unspecified atom stereocenters. The molecule has 1 aromatic heterocycles. The molecule has 2 aliphatic rings. The molecule has 4 rings (SSSR count). The van der Waals surface area contributed by atoms with Gasteiger partial charge in [-0.2, -0.15) is 0 Å². The van der Waals surface area contributed by atoms with E-state index in [2.05, 4.69) is 46.8 Å². The molecule has 0 bridgehead atoms. The van der Waals surface area contributed by atoms with Gasteiger partial charge in [0.15, 0.2) is 0 Å². The summed E-state index contributed by atoms with van der Waals surface area (Å²) in [7, 11) is 0. The summed E-state index contributed by atoms with van der Waals surface area (Å²) in [6.45, 7) is 14.4. The van der Waals surface area contributed by atoms with Crippen molar-refractivity contribution in [3.8, 4) is 5.75 Å². The normalized spacial score (nSPS) is 18.5. The number of pyridine rings is 1. The number of aryl methyl sites for hydroxylation is 1. The topological polar surface area (TPSA) is 54.9 Å². The van der Waals surface area contributed by atoms with E-state index < -0.39 is 0 Å². The average Bonchev–Trinajstić information content (AvgIpc) is 3.38. The van der Waals surface area contributed by atoms with Gasteiger partial charge in [0.2, 0.25) is 0 Å². The molecule has 0 N–H and O–H groups in total. The predicted molar refractivity (Wildman–Crippen MR) is 126 cm³/mol. The molecular formula is C26H35N3O3. The number of aromatic nitrogens is 1. The van der Waals surface area contributed by atoms with Crippen LogP contribution in [0.3, 0.4) is 0 Å². The van der Waals surface area contributed by atoms with Gasteiger partial charge in [0.05, 0.1) is 12.7 Å². The van der Waals surface area contributed by atoms with Crippen molar-refractivity contribution in [3.63, 3.8) is 0 Å². The number of hydrogen-bond donors (Lipinski definition) is 0. The number of hydrogen-bond acceptors (Lipinski definition) is 6. The highest BCUT2D eigenvalue weighted by atomic mass is 16.5. The summed E-state index contributed by atoms with van der Waals surface area (Å²) in [5, 5.41) is 0. The molecule has 0 spiro atoms. The standard InChI is InChI=1S/C26H35N3O3/c1-17(2)16-31-23-8-6-7-20-13-29(15-22(20)23)21-10-12-28(14-21)25-24(19(5)9-11-27-25)26(30)32-18(3)4/h6-9,11,17-18,21H,10,12-16H2,1-5H3/t21-/m1/s1. The van der Waals surface area contributed by atoms with Crippen molar-refractivity contribution in [2.45, 2.75) is 66.3 Å². The summed E-state index contributed by atoms with van der Waals surface area (Å²) in [6, 6.07) is 8.70. The Morgan fingerprint density at radius 2 is 2.00 bits per heavy atom. The van der Waals surface area contributed by atoms with Gasteiger partial charge in [-0.05, 0) is 56.4 Å². The highest BCUT2D eigenvalue weighted by Crippen LogP contribution is 2.35. The first kappa shape index (κ1) is 22.6.